The number of hydrogen-bond acceptors (Lipinski definition) is 5. The number of rotatable bonds is 6. The first-order valence-corrected chi connectivity index (χ1v) is 9.30. The monoisotopic (exact) mass is 372 g/mol. The van der Waals surface area contributed by atoms with Crippen molar-refractivity contribution < 1.29 is 19.1 Å². The summed E-state index contributed by atoms with van der Waals surface area (Å²) in [6, 6.07) is 9.16. The van der Waals surface area contributed by atoms with Gasteiger partial charge in [0.25, 0.3) is 11.8 Å². The molecule has 26 heavy (non-hydrogen) atoms. The van der Waals surface area contributed by atoms with Gasteiger partial charge >= 0.3 is 5.97 Å². The lowest BCUT2D eigenvalue weighted by Crippen LogP contribution is -2.23. The molecule has 1 aliphatic rings. The van der Waals surface area contributed by atoms with Crippen LogP contribution in [-0.4, -0.2) is 24.4 Å². The van der Waals surface area contributed by atoms with E-state index in [9.17, 15) is 14.4 Å². The van der Waals surface area contributed by atoms with Crippen molar-refractivity contribution in [3.63, 3.8) is 0 Å². The van der Waals surface area contributed by atoms with Gasteiger partial charge in [0.2, 0.25) is 0 Å². The van der Waals surface area contributed by atoms with Crippen LogP contribution in [0, 0.1) is 0 Å². The van der Waals surface area contributed by atoms with Crippen molar-refractivity contribution >= 4 is 34.1 Å². The molecule has 1 heterocycles. The number of aryl methyl sites for hydroxylation is 1. The van der Waals surface area contributed by atoms with E-state index in [0.29, 0.717) is 10.6 Å². The predicted molar refractivity (Wildman–Crippen MR) is 99.2 cm³/mol. The van der Waals surface area contributed by atoms with Crippen LogP contribution in [0.15, 0.2) is 30.3 Å². The van der Waals surface area contributed by atoms with Gasteiger partial charge in [0.15, 0.2) is 6.61 Å². The number of thiophene rings is 1. The van der Waals surface area contributed by atoms with Crippen LogP contribution in [-0.2, 0) is 33.6 Å². The van der Waals surface area contributed by atoms with Gasteiger partial charge < -0.3 is 15.8 Å². The molecular weight excluding hydrogens is 352 g/mol. The number of benzene rings is 1. The number of amides is 2. The number of nitrogens with two attached hydrogens (primary N) is 1. The largest absolute Gasteiger partial charge is 0.455 e. The standard InChI is InChI=1S/C19H20N2O4S/c20-18(24)17-13-8-4-5-9-14(13)26-19(17)21-15(22)11-25-16(23)10-12-6-2-1-3-7-12/h1-3,6-7H,4-5,8-11H2,(H2,20,24)(H,21,22). The minimum absolute atomic E-state index is 0.105. The molecule has 7 heteroatoms. The first kappa shape index (κ1) is 18.1. The number of ether oxygens (including phenoxy) is 1. The fourth-order valence-corrected chi connectivity index (χ4v) is 4.35. The maximum atomic E-state index is 12.1. The normalized spacial score (nSPS) is 12.9. The Hall–Kier alpha value is -2.67. The van der Waals surface area contributed by atoms with E-state index >= 15 is 0 Å². The number of primary amides is 1. The topological polar surface area (TPSA) is 98.5 Å². The summed E-state index contributed by atoms with van der Waals surface area (Å²) in [7, 11) is 0. The molecule has 0 radical (unpaired) electrons. The van der Waals surface area contributed by atoms with Gasteiger partial charge in [0.05, 0.1) is 12.0 Å². The maximum absolute atomic E-state index is 12.1. The van der Waals surface area contributed by atoms with Crippen LogP contribution in [0.5, 0.6) is 0 Å². The molecule has 3 rings (SSSR count). The molecule has 0 spiro atoms. The molecule has 6 nitrogen and oxygen atoms in total. The van der Waals surface area contributed by atoms with E-state index in [1.54, 1.807) is 0 Å². The zero-order chi connectivity index (χ0) is 18.5. The van der Waals surface area contributed by atoms with E-state index in [2.05, 4.69) is 5.32 Å². The molecule has 1 aromatic heterocycles. The number of hydrogen-bond donors (Lipinski definition) is 2. The summed E-state index contributed by atoms with van der Waals surface area (Å²) >= 11 is 1.38. The summed E-state index contributed by atoms with van der Waals surface area (Å²) in [6.45, 7) is -0.396. The second-order valence-electron chi connectivity index (χ2n) is 6.15. The molecule has 0 saturated carbocycles. The molecule has 3 N–H and O–H groups in total. The smallest absolute Gasteiger partial charge is 0.310 e. The lowest BCUT2D eigenvalue weighted by molar-refractivity contribution is -0.146. The third kappa shape index (κ3) is 4.29. The van der Waals surface area contributed by atoms with Crippen molar-refractivity contribution in [3.05, 3.63) is 51.9 Å². The average molecular weight is 372 g/mol. The molecule has 136 valence electrons. The summed E-state index contributed by atoms with van der Waals surface area (Å²) in [5, 5.41) is 3.12. The van der Waals surface area contributed by atoms with Gasteiger partial charge in [-0.25, -0.2) is 0 Å². The molecule has 0 atom stereocenters. The molecule has 1 aliphatic carbocycles. The maximum Gasteiger partial charge on any atom is 0.310 e. The number of anilines is 1. The number of nitrogens with one attached hydrogen (secondary N) is 1. The SMILES string of the molecule is NC(=O)c1c(NC(=O)COC(=O)Cc2ccccc2)sc2c1CCCC2. The minimum atomic E-state index is -0.541. The Kier molecular flexibility index (Phi) is 5.68. The molecule has 2 amide bonds. The van der Waals surface area contributed by atoms with Crippen LogP contribution in [0.2, 0.25) is 0 Å². The highest BCUT2D eigenvalue weighted by Crippen LogP contribution is 2.37. The van der Waals surface area contributed by atoms with Crippen LogP contribution in [0.3, 0.4) is 0 Å². The van der Waals surface area contributed by atoms with Crippen molar-refractivity contribution in [3.8, 4) is 0 Å². The van der Waals surface area contributed by atoms with Gasteiger partial charge in [0, 0.05) is 4.88 Å². The third-order valence-electron chi connectivity index (χ3n) is 4.23. The lowest BCUT2D eigenvalue weighted by Gasteiger charge is -2.11. The van der Waals surface area contributed by atoms with Crippen LogP contribution in [0.1, 0.15) is 39.2 Å². The summed E-state index contributed by atoms with van der Waals surface area (Å²) < 4.78 is 5.02. The highest BCUT2D eigenvalue weighted by atomic mass is 32.1. The average Bonchev–Trinajstić information content (AvgIpc) is 2.98. The Bertz CT molecular complexity index is 830. The quantitative estimate of drug-likeness (QED) is 0.761. The molecule has 0 unspecified atom stereocenters. The fourth-order valence-electron chi connectivity index (χ4n) is 3.04. The predicted octanol–water partition coefficient (Wildman–Crippen LogP) is 2.45. The molecule has 0 fully saturated rings. The van der Waals surface area contributed by atoms with Gasteiger partial charge in [-0.3, -0.25) is 14.4 Å². The highest BCUT2D eigenvalue weighted by Gasteiger charge is 2.25. The summed E-state index contributed by atoms with van der Waals surface area (Å²) in [4.78, 5) is 36.8. The van der Waals surface area contributed by atoms with Gasteiger partial charge in [-0.2, -0.15) is 0 Å². The number of carbonyl (C=O) groups excluding carboxylic acids is 3. The van der Waals surface area contributed by atoms with Crippen molar-refractivity contribution in [1.29, 1.82) is 0 Å². The summed E-state index contributed by atoms with van der Waals surface area (Å²) in [5.74, 6) is -1.50. The van der Waals surface area contributed by atoms with Gasteiger partial charge in [-0.05, 0) is 36.8 Å². The van der Waals surface area contributed by atoms with Crippen LogP contribution in [0.25, 0.3) is 0 Å². The van der Waals surface area contributed by atoms with Gasteiger partial charge in [-0.15, -0.1) is 11.3 Å². The Morgan fingerprint density at radius 2 is 1.85 bits per heavy atom. The Morgan fingerprint density at radius 3 is 2.58 bits per heavy atom. The van der Waals surface area contributed by atoms with Gasteiger partial charge in [-0.1, -0.05) is 30.3 Å². The molecular formula is C19H20N2O4S. The zero-order valence-corrected chi connectivity index (χ0v) is 15.1. The first-order chi connectivity index (χ1) is 12.5. The van der Waals surface area contributed by atoms with E-state index in [1.165, 1.54) is 11.3 Å². The van der Waals surface area contributed by atoms with E-state index < -0.39 is 24.4 Å². The van der Waals surface area contributed by atoms with Crippen molar-refractivity contribution in [1.82, 2.24) is 0 Å². The van der Waals surface area contributed by atoms with Gasteiger partial charge in [0.1, 0.15) is 5.00 Å². The van der Waals surface area contributed by atoms with Crippen LogP contribution >= 0.6 is 11.3 Å². The van der Waals surface area contributed by atoms with Crippen molar-refractivity contribution in [2.24, 2.45) is 5.73 Å². The minimum Gasteiger partial charge on any atom is -0.455 e. The molecule has 0 aliphatic heterocycles. The molecule has 2 aromatic rings. The molecule has 1 aromatic carbocycles. The first-order valence-electron chi connectivity index (χ1n) is 8.48. The van der Waals surface area contributed by atoms with E-state index in [1.807, 2.05) is 30.3 Å². The van der Waals surface area contributed by atoms with Crippen LogP contribution < -0.4 is 11.1 Å². The van der Waals surface area contributed by atoms with E-state index in [-0.39, 0.29) is 6.42 Å². The molecule has 0 bridgehead atoms. The summed E-state index contributed by atoms with van der Waals surface area (Å²) in [5.41, 5.74) is 7.66. The Balaban J connectivity index is 1.59. The second kappa shape index (κ2) is 8.14. The van der Waals surface area contributed by atoms with Crippen molar-refractivity contribution in [2.45, 2.75) is 32.1 Å². The number of fused-ring (bicyclic) bond motifs is 1. The highest BCUT2D eigenvalue weighted by molar-refractivity contribution is 7.17. The van der Waals surface area contributed by atoms with Crippen LogP contribution in [0.4, 0.5) is 5.00 Å². The Labute approximate surface area is 155 Å². The number of esters is 1. The molecule has 0 saturated heterocycles. The number of carbonyl (C=O) groups is 3. The van der Waals surface area contributed by atoms with E-state index in [0.717, 1.165) is 41.7 Å². The lowest BCUT2D eigenvalue weighted by atomic mass is 9.95. The Morgan fingerprint density at radius 1 is 1.12 bits per heavy atom. The second-order valence-corrected chi connectivity index (χ2v) is 7.26. The van der Waals surface area contributed by atoms with E-state index in [4.69, 9.17) is 10.5 Å². The zero-order valence-electron chi connectivity index (χ0n) is 14.2. The van der Waals surface area contributed by atoms with Crippen molar-refractivity contribution in [2.75, 3.05) is 11.9 Å². The fraction of sp³-hybridized carbons (Fsp3) is 0.316. The third-order valence-corrected chi connectivity index (χ3v) is 5.43. The summed E-state index contributed by atoms with van der Waals surface area (Å²) in [6.07, 6.45) is 3.87.